The van der Waals surface area contributed by atoms with Crippen molar-refractivity contribution in [2.75, 3.05) is 11.3 Å². The van der Waals surface area contributed by atoms with E-state index in [0.29, 0.717) is 22.5 Å². The fraction of sp³-hybridized carbons (Fsp3) is 0.200. The largest absolute Gasteiger partial charge is 0.494 e. The van der Waals surface area contributed by atoms with Gasteiger partial charge in [-0.2, -0.15) is 0 Å². The van der Waals surface area contributed by atoms with E-state index in [4.69, 9.17) is 4.74 Å². The third-order valence-corrected chi connectivity index (χ3v) is 5.15. The molecule has 0 saturated heterocycles. The summed E-state index contributed by atoms with van der Waals surface area (Å²) in [5.41, 5.74) is 1.48. The Morgan fingerprint density at radius 3 is 2.38 bits per heavy atom. The molecule has 0 atom stereocenters. The molecule has 2 aromatic rings. The highest BCUT2D eigenvalue weighted by molar-refractivity contribution is 9.10. The second-order valence-electron chi connectivity index (χ2n) is 4.50. The number of benzene rings is 2. The number of ether oxygens (including phenoxy) is 1. The first kappa shape index (κ1) is 15.9. The lowest BCUT2D eigenvalue weighted by molar-refractivity contribution is 0.340. The molecular formula is C15H16BrNO3S. The Hall–Kier alpha value is -1.53. The minimum absolute atomic E-state index is 0.210. The normalized spacial score (nSPS) is 11.2. The van der Waals surface area contributed by atoms with Gasteiger partial charge in [0.25, 0.3) is 10.0 Å². The van der Waals surface area contributed by atoms with E-state index < -0.39 is 10.0 Å². The first-order valence-corrected chi connectivity index (χ1v) is 8.72. The van der Waals surface area contributed by atoms with E-state index in [1.54, 1.807) is 42.5 Å². The van der Waals surface area contributed by atoms with Gasteiger partial charge in [-0.15, -0.1) is 0 Å². The van der Waals surface area contributed by atoms with Crippen LogP contribution >= 0.6 is 15.9 Å². The number of rotatable bonds is 5. The molecule has 0 aliphatic rings. The lowest BCUT2D eigenvalue weighted by Gasteiger charge is -2.11. The number of sulfonamides is 1. The van der Waals surface area contributed by atoms with Gasteiger partial charge in [0.2, 0.25) is 0 Å². The third kappa shape index (κ3) is 3.98. The molecule has 0 aromatic heterocycles. The summed E-state index contributed by atoms with van der Waals surface area (Å²) in [5.74, 6) is 0.706. The molecule has 0 unspecified atom stereocenters. The summed E-state index contributed by atoms with van der Waals surface area (Å²) in [4.78, 5) is 0.210. The van der Waals surface area contributed by atoms with Crippen LogP contribution in [0.2, 0.25) is 0 Å². The molecule has 21 heavy (non-hydrogen) atoms. The fourth-order valence-corrected chi connectivity index (χ4v) is 4.07. The summed E-state index contributed by atoms with van der Waals surface area (Å²) in [5, 5.41) is 0. The average molecular weight is 370 g/mol. The van der Waals surface area contributed by atoms with Crippen molar-refractivity contribution in [3.8, 4) is 5.75 Å². The van der Waals surface area contributed by atoms with Crippen molar-refractivity contribution in [1.29, 1.82) is 0 Å². The van der Waals surface area contributed by atoms with Crippen molar-refractivity contribution in [2.45, 2.75) is 18.7 Å². The summed E-state index contributed by atoms with van der Waals surface area (Å²) in [6, 6.07) is 11.9. The van der Waals surface area contributed by atoms with Crippen LogP contribution in [0.4, 0.5) is 5.69 Å². The first-order valence-electron chi connectivity index (χ1n) is 6.44. The zero-order valence-corrected chi connectivity index (χ0v) is 14.2. The molecule has 0 radical (unpaired) electrons. The van der Waals surface area contributed by atoms with Crippen molar-refractivity contribution in [1.82, 2.24) is 0 Å². The molecule has 2 rings (SSSR count). The summed E-state index contributed by atoms with van der Waals surface area (Å²) in [7, 11) is -3.62. The van der Waals surface area contributed by atoms with Crippen LogP contribution in [0, 0.1) is 6.92 Å². The van der Waals surface area contributed by atoms with Gasteiger partial charge in [-0.3, -0.25) is 4.72 Å². The summed E-state index contributed by atoms with van der Waals surface area (Å²) in [6.45, 7) is 4.37. The SMILES string of the molecule is CCOc1ccc(NS(=O)(=O)c2ccc(C)cc2Br)cc1. The third-order valence-electron chi connectivity index (χ3n) is 2.79. The van der Waals surface area contributed by atoms with E-state index in [0.717, 1.165) is 5.56 Å². The van der Waals surface area contributed by atoms with E-state index in [-0.39, 0.29) is 4.90 Å². The van der Waals surface area contributed by atoms with Crippen molar-refractivity contribution < 1.29 is 13.2 Å². The molecule has 1 N–H and O–H groups in total. The Bertz CT molecular complexity index is 727. The van der Waals surface area contributed by atoms with Gasteiger partial charge >= 0.3 is 0 Å². The molecule has 4 nitrogen and oxygen atoms in total. The molecule has 2 aromatic carbocycles. The second-order valence-corrected chi connectivity index (χ2v) is 7.00. The van der Waals surface area contributed by atoms with E-state index in [1.807, 2.05) is 13.8 Å². The van der Waals surface area contributed by atoms with Crippen LogP contribution in [0.1, 0.15) is 12.5 Å². The Morgan fingerprint density at radius 1 is 1.14 bits per heavy atom. The zero-order chi connectivity index (χ0) is 15.5. The Kier molecular flexibility index (Phi) is 4.90. The monoisotopic (exact) mass is 369 g/mol. The van der Waals surface area contributed by atoms with Crippen LogP contribution in [0.15, 0.2) is 51.8 Å². The van der Waals surface area contributed by atoms with Gasteiger partial charge in [-0.05, 0) is 71.7 Å². The predicted octanol–water partition coefficient (Wildman–Crippen LogP) is 3.96. The lowest BCUT2D eigenvalue weighted by atomic mass is 10.2. The van der Waals surface area contributed by atoms with Gasteiger partial charge in [0, 0.05) is 10.2 Å². The van der Waals surface area contributed by atoms with Crippen LogP contribution < -0.4 is 9.46 Å². The molecule has 6 heteroatoms. The highest BCUT2D eigenvalue weighted by Crippen LogP contribution is 2.26. The van der Waals surface area contributed by atoms with Gasteiger partial charge in [-0.1, -0.05) is 6.07 Å². The highest BCUT2D eigenvalue weighted by Gasteiger charge is 2.17. The maximum Gasteiger partial charge on any atom is 0.263 e. The molecule has 0 fully saturated rings. The van der Waals surface area contributed by atoms with Gasteiger partial charge in [0.1, 0.15) is 10.6 Å². The van der Waals surface area contributed by atoms with Crippen molar-refractivity contribution in [3.63, 3.8) is 0 Å². The molecule has 0 spiro atoms. The van der Waals surface area contributed by atoms with Crippen LogP contribution in [0.25, 0.3) is 0 Å². The van der Waals surface area contributed by atoms with Crippen molar-refractivity contribution in [3.05, 3.63) is 52.5 Å². The Balaban J connectivity index is 2.24. The molecule has 0 bridgehead atoms. The molecule has 0 heterocycles. The Labute approximate surface area is 133 Å². The van der Waals surface area contributed by atoms with Crippen molar-refractivity contribution >= 4 is 31.6 Å². The van der Waals surface area contributed by atoms with Crippen LogP contribution in [-0.4, -0.2) is 15.0 Å². The van der Waals surface area contributed by atoms with Gasteiger partial charge in [0.15, 0.2) is 0 Å². The predicted molar refractivity (Wildman–Crippen MR) is 87.3 cm³/mol. The van der Waals surface area contributed by atoms with E-state index in [9.17, 15) is 8.42 Å². The molecular weight excluding hydrogens is 354 g/mol. The van der Waals surface area contributed by atoms with Crippen molar-refractivity contribution in [2.24, 2.45) is 0 Å². The number of hydrogen-bond donors (Lipinski definition) is 1. The van der Waals surface area contributed by atoms with Crippen LogP contribution in [-0.2, 0) is 10.0 Å². The van der Waals surface area contributed by atoms with Gasteiger partial charge < -0.3 is 4.74 Å². The summed E-state index contributed by atoms with van der Waals surface area (Å²) in [6.07, 6.45) is 0. The minimum Gasteiger partial charge on any atom is -0.494 e. The minimum atomic E-state index is -3.62. The van der Waals surface area contributed by atoms with Crippen LogP contribution in [0.3, 0.4) is 0 Å². The standard InChI is InChI=1S/C15H16BrNO3S/c1-3-20-13-7-5-12(6-8-13)17-21(18,19)15-9-4-11(2)10-14(15)16/h4-10,17H,3H2,1-2H3. The lowest BCUT2D eigenvalue weighted by Crippen LogP contribution is -2.13. The summed E-state index contributed by atoms with van der Waals surface area (Å²) >= 11 is 3.29. The van der Waals surface area contributed by atoms with Crippen LogP contribution in [0.5, 0.6) is 5.75 Å². The molecule has 0 saturated carbocycles. The number of hydrogen-bond acceptors (Lipinski definition) is 3. The zero-order valence-electron chi connectivity index (χ0n) is 11.8. The van der Waals surface area contributed by atoms with E-state index in [1.165, 1.54) is 0 Å². The van der Waals surface area contributed by atoms with Gasteiger partial charge in [0.05, 0.1) is 6.61 Å². The number of halogens is 1. The molecule has 0 aliphatic carbocycles. The quantitative estimate of drug-likeness (QED) is 0.867. The molecule has 112 valence electrons. The first-order chi connectivity index (χ1) is 9.92. The maximum atomic E-state index is 12.4. The summed E-state index contributed by atoms with van der Waals surface area (Å²) < 4.78 is 33.2. The van der Waals surface area contributed by atoms with Gasteiger partial charge in [-0.25, -0.2) is 8.42 Å². The highest BCUT2D eigenvalue weighted by atomic mass is 79.9. The van der Waals surface area contributed by atoms with E-state index >= 15 is 0 Å². The number of anilines is 1. The number of aryl methyl sites for hydroxylation is 1. The molecule has 0 amide bonds. The number of nitrogens with one attached hydrogen (secondary N) is 1. The average Bonchev–Trinajstić information content (AvgIpc) is 2.40. The smallest absolute Gasteiger partial charge is 0.263 e. The molecule has 0 aliphatic heterocycles. The topological polar surface area (TPSA) is 55.4 Å². The Morgan fingerprint density at radius 2 is 1.81 bits per heavy atom. The van der Waals surface area contributed by atoms with E-state index in [2.05, 4.69) is 20.7 Å². The maximum absolute atomic E-state index is 12.4. The fourth-order valence-electron chi connectivity index (χ4n) is 1.82. The second kappa shape index (κ2) is 6.49.